The first-order valence-corrected chi connectivity index (χ1v) is 8.96. The minimum Gasteiger partial charge on any atom is -0.454 e. The molecule has 3 heterocycles. The van der Waals surface area contributed by atoms with E-state index in [1.54, 1.807) is 25.1 Å². The van der Waals surface area contributed by atoms with Gasteiger partial charge in [-0.15, -0.1) is 0 Å². The Labute approximate surface area is 159 Å². The molecule has 1 saturated carbocycles. The predicted octanol–water partition coefficient (Wildman–Crippen LogP) is 2.12. The number of nitrogens with zero attached hydrogens (tertiary/aromatic N) is 3. The summed E-state index contributed by atoms with van der Waals surface area (Å²) in [7, 11) is 0. The summed E-state index contributed by atoms with van der Waals surface area (Å²) in [6, 6.07) is 8.22. The van der Waals surface area contributed by atoms with Crippen LogP contribution >= 0.6 is 0 Å². The smallest absolute Gasteiger partial charge is 0.256 e. The van der Waals surface area contributed by atoms with Gasteiger partial charge in [-0.3, -0.25) is 14.6 Å². The lowest BCUT2D eigenvalue weighted by molar-refractivity contribution is 0.102. The minimum absolute atomic E-state index is 0.143. The lowest BCUT2D eigenvalue weighted by atomic mass is 10.2. The molecule has 1 fully saturated rings. The Morgan fingerprint density at radius 2 is 2.04 bits per heavy atom. The van der Waals surface area contributed by atoms with Crippen molar-refractivity contribution in [2.45, 2.75) is 25.7 Å². The van der Waals surface area contributed by atoms with E-state index in [2.05, 4.69) is 20.4 Å². The molecule has 1 aromatic carbocycles. The Kier molecular flexibility index (Phi) is 3.68. The van der Waals surface area contributed by atoms with E-state index in [9.17, 15) is 9.59 Å². The number of rotatable bonds is 4. The molecule has 1 amide bonds. The van der Waals surface area contributed by atoms with Gasteiger partial charge in [0.15, 0.2) is 11.5 Å². The van der Waals surface area contributed by atoms with Crippen LogP contribution in [0.5, 0.6) is 11.5 Å². The first-order chi connectivity index (χ1) is 13.6. The summed E-state index contributed by atoms with van der Waals surface area (Å²) in [5, 5.41) is 7.42. The van der Waals surface area contributed by atoms with Crippen molar-refractivity contribution in [1.82, 2.24) is 19.7 Å². The number of hydrogen-bond donors (Lipinski definition) is 2. The molecule has 2 aliphatic rings. The highest BCUT2D eigenvalue weighted by Gasteiger charge is 2.28. The number of carbonyl (C=O) groups is 1. The molecule has 0 atom stereocenters. The second-order valence-electron chi connectivity index (χ2n) is 6.87. The maximum Gasteiger partial charge on any atom is 0.256 e. The van der Waals surface area contributed by atoms with Crippen LogP contribution in [-0.4, -0.2) is 32.4 Å². The van der Waals surface area contributed by atoms with Gasteiger partial charge in [-0.1, -0.05) is 0 Å². The molecule has 1 aliphatic heterocycles. The number of aromatic amines is 1. The molecule has 0 saturated heterocycles. The van der Waals surface area contributed by atoms with Crippen molar-refractivity contribution < 1.29 is 14.3 Å². The summed E-state index contributed by atoms with van der Waals surface area (Å²) in [4.78, 5) is 31.6. The molecule has 9 heteroatoms. The number of anilines is 1. The second-order valence-corrected chi connectivity index (χ2v) is 6.87. The van der Waals surface area contributed by atoms with Crippen molar-refractivity contribution in [2.24, 2.45) is 0 Å². The van der Waals surface area contributed by atoms with E-state index in [1.165, 1.54) is 10.7 Å². The number of benzene rings is 1. The van der Waals surface area contributed by atoms with Crippen LogP contribution in [0.3, 0.4) is 0 Å². The van der Waals surface area contributed by atoms with E-state index >= 15 is 0 Å². The van der Waals surface area contributed by atoms with E-state index in [-0.39, 0.29) is 24.2 Å². The van der Waals surface area contributed by atoms with E-state index in [0.29, 0.717) is 34.5 Å². The molecule has 9 nitrogen and oxygen atoms in total. The summed E-state index contributed by atoms with van der Waals surface area (Å²) in [6.07, 6.45) is 2.12. The van der Waals surface area contributed by atoms with Crippen molar-refractivity contribution in [3.8, 4) is 17.4 Å². The van der Waals surface area contributed by atoms with Crippen LogP contribution in [0.15, 0.2) is 35.1 Å². The Bertz CT molecular complexity index is 1150. The number of aromatic nitrogens is 4. The molecule has 142 valence electrons. The summed E-state index contributed by atoms with van der Waals surface area (Å²) < 4.78 is 12.1. The fourth-order valence-corrected chi connectivity index (χ4v) is 3.12. The zero-order valence-electron chi connectivity index (χ0n) is 15.1. The quantitative estimate of drug-likeness (QED) is 0.718. The van der Waals surface area contributed by atoms with E-state index < -0.39 is 0 Å². The van der Waals surface area contributed by atoms with Gasteiger partial charge >= 0.3 is 0 Å². The Morgan fingerprint density at radius 3 is 2.82 bits per heavy atom. The van der Waals surface area contributed by atoms with Gasteiger partial charge in [0.05, 0.1) is 5.69 Å². The number of fused-ring (bicyclic) bond motifs is 1. The van der Waals surface area contributed by atoms with Crippen LogP contribution in [0.4, 0.5) is 5.82 Å². The molecule has 0 radical (unpaired) electrons. The monoisotopic (exact) mass is 379 g/mol. The molecule has 3 aromatic rings. The van der Waals surface area contributed by atoms with Crippen LogP contribution in [0.1, 0.15) is 40.5 Å². The Balaban J connectivity index is 1.50. The zero-order chi connectivity index (χ0) is 19.3. The Morgan fingerprint density at radius 1 is 1.21 bits per heavy atom. The topological polar surface area (TPSA) is 111 Å². The number of amides is 1. The standard InChI is InChI=1S/C19H17N5O4/c1-10-6-17(25)22-19(20-10)24-16(8-13(23-24)11-2-3-11)21-18(26)12-4-5-14-15(7-12)28-9-27-14/h4-8,11H,2-3,9H2,1H3,(H,21,26)(H,20,22,25). The molecule has 0 unspecified atom stereocenters. The highest BCUT2D eigenvalue weighted by Crippen LogP contribution is 2.40. The van der Waals surface area contributed by atoms with Crippen molar-refractivity contribution in [1.29, 1.82) is 0 Å². The molecule has 0 bridgehead atoms. The van der Waals surface area contributed by atoms with Crippen LogP contribution in [0.25, 0.3) is 5.95 Å². The molecule has 2 N–H and O–H groups in total. The highest BCUT2D eigenvalue weighted by molar-refractivity contribution is 6.04. The van der Waals surface area contributed by atoms with Crippen LogP contribution < -0.4 is 20.3 Å². The van der Waals surface area contributed by atoms with E-state index in [1.807, 2.05) is 6.07 Å². The average molecular weight is 379 g/mol. The van der Waals surface area contributed by atoms with Crippen molar-refractivity contribution >= 4 is 11.7 Å². The second kappa shape index (κ2) is 6.22. The van der Waals surface area contributed by atoms with Gasteiger partial charge < -0.3 is 14.8 Å². The number of ether oxygens (including phenoxy) is 2. The van der Waals surface area contributed by atoms with Gasteiger partial charge in [0, 0.05) is 29.3 Å². The number of H-pyrrole nitrogens is 1. The summed E-state index contributed by atoms with van der Waals surface area (Å²) in [6.45, 7) is 1.87. The van der Waals surface area contributed by atoms with Crippen LogP contribution in [0, 0.1) is 6.92 Å². The number of hydrogen-bond acceptors (Lipinski definition) is 6. The predicted molar refractivity (Wildman–Crippen MR) is 99.2 cm³/mol. The summed E-state index contributed by atoms with van der Waals surface area (Å²) in [5.41, 5.74) is 1.58. The van der Waals surface area contributed by atoms with Crippen molar-refractivity contribution in [2.75, 3.05) is 12.1 Å². The zero-order valence-corrected chi connectivity index (χ0v) is 15.1. The number of carbonyl (C=O) groups excluding carboxylic acids is 1. The van der Waals surface area contributed by atoms with Crippen LogP contribution in [-0.2, 0) is 0 Å². The van der Waals surface area contributed by atoms with Gasteiger partial charge in [0.2, 0.25) is 12.7 Å². The molecule has 2 aromatic heterocycles. The third-order valence-corrected chi connectivity index (χ3v) is 4.66. The average Bonchev–Trinajstić information content (AvgIpc) is 3.25. The van der Waals surface area contributed by atoms with Crippen LogP contribution in [0.2, 0.25) is 0 Å². The molecular formula is C19H17N5O4. The van der Waals surface area contributed by atoms with Gasteiger partial charge in [-0.25, -0.2) is 4.98 Å². The third kappa shape index (κ3) is 3.00. The summed E-state index contributed by atoms with van der Waals surface area (Å²) in [5.74, 6) is 1.90. The minimum atomic E-state index is -0.322. The normalized spacial score (nSPS) is 14.9. The van der Waals surface area contributed by atoms with E-state index in [0.717, 1.165) is 18.5 Å². The third-order valence-electron chi connectivity index (χ3n) is 4.66. The van der Waals surface area contributed by atoms with E-state index in [4.69, 9.17) is 9.47 Å². The lowest BCUT2D eigenvalue weighted by Crippen LogP contribution is -2.18. The fourth-order valence-electron chi connectivity index (χ4n) is 3.12. The van der Waals surface area contributed by atoms with Gasteiger partial charge in [-0.2, -0.15) is 9.78 Å². The molecular weight excluding hydrogens is 362 g/mol. The number of aryl methyl sites for hydroxylation is 1. The van der Waals surface area contributed by atoms with Gasteiger partial charge in [-0.05, 0) is 38.0 Å². The Hall–Kier alpha value is -3.62. The SMILES string of the molecule is Cc1cc(=O)[nH]c(-n2nc(C3CC3)cc2NC(=O)c2ccc3c(c2)OCO3)n1. The molecule has 0 spiro atoms. The van der Waals surface area contributed by atoms with Gasteiger partial charge in [0.1, 0.15) is 5.82 Å². The van der Waals surface area contributed by atoms with Gasteiger partial charge in [0.25, 0.3) is 11.5 Å². The lowest BCUT2D eigenvalue weighted by Gasteiger charge is -2.09. The number of nitrogens with one attached hydrogen (secondary N) is 2. The fraction of sp³-hybridized carbons (Fsp3) is 0.263. The van der Waals surface area contributed by atoms with Crippen molar-refractivity contribution in [3.05, 3.63) is 57.6 Å². The van der Waals surface area contributed by atoms with Crippen molar-refractivity contribution in [3.63, 3.8) is 0 Å². The molecule has 5 rings (SSSR count). The molecule has 28 heavy (non-hydrogen) atoms. The maximum absolute atomic E-state index is 12.8. The maximum atomic E-state index is 12.8. The highest BCUT2D eigenvalue weighted by atomic mass is 16.7. The largest absolute Gasteiger partial charge is 0.454 e. The molecule has 1 aliphatic carbocycles. The first-order valence-electron chi connectivity index (χ1n) is 8.96. The summed E-state index contributed by atoms with van der Waals surface area (Å²) >= 11 is 0. The first kappa shape index (κ1) is 16.5.